The molecule has 0 saturated carbocycles. The summed E-state index contributed by atoms with van der Waals surface area (Å²) in [5, 5.41) is 20.0. The molecule has 0 spiro atoms. The van der Waals surface area contributed by atoms with Crippen LogP contribution in [0.3, 0.4) is 0 Å². The molecule has 3 aromatic heterocycles. The van der Waals surface area contributed by atoms with Crippen molar-refractivity contribution in [3.05, 3.63) is 21.9 Å². The number of halogens is 1. The quantitative estimate of drug-likeness (QED) is 0.652. The molecule has 20 heavy (non-hydrogen) atoms. The molecule has 0 aromatic carbocycles. The SMILES string of the molecule is NS(=O)(=O)c1nn2c(Br)c(-c3ccc(N[O-])s3)nc2s1. The molecule has 3 heterocycles. The summed E-state index contributed by atoms with van der Waals surface area (Å²) in [5.41, 5.74) is 2.38. The molecule has 0 bridgehead atoms. The zero-order valence-corrected chi connectivity index (χ0v) is 13.4. The average Bonchev–Trinajstić information content (AvgIpc) is 3.04. The molecule has 3 rings (SSSR count). The summed E-state index contributed by atoms with van der Waals surface area (Å²) in [7, 11) is -3.85. The van der Waals surface area contributed by atoms with Gasteiger partial charge in [-0.05, 0) is 28.1 Å². The monoisotopic (exact) mass is 394 g/mol. The molecule has 0 aliphatic heterocycles. The Morgan fingerprint density at radius 3 is 2.70 bits per heavy atom. The molecule has 0 aliphatic carbocycles. The third-order valence-electron chi connectivity index (χ3n) is 2.31. The molecule has 0 aliphatic rings. The van der Waals surface area contributed by atoms with E-state index in [9.17, 15) is 13.6 Å². The largest absolute Gasteiger partial charge is 0.760 e. The fourth-order valence-corrected chi connectivity index (χ4v) is 4.60. The Morgan fingerprint density at radius 1 is 1.40 bits per heavy atom. The van der Waals surface area contributed by atoms with Gasteiger partial charge in [0.15, 0.2) is 0 Å². The molecular weight excluding hydrogens is 390 g/mol. The Hall–Kier alpha value is -1.05. The second-order valence-corrected chi connectivity index (χ2v) is 8.15. The number of aromatic nitrogens is 3. The van der Waals surface area contributed by atoms with E-state index in [-0.39, 0.29) is 4.34 Å². The van der Waals surface area contributed by atoms with Crippen LogP contribution in [0.5, 0.6) is 0 Å². The molecule has 12 heteroatoms. The fraction of sp³-hybridized carbons (Fsp3) is 0. The first-order valence-corrected chi connectivity index (χ1v) is 8.93. The van der Waals surface area contributed by atoms with Gasteiger partial charge < -0.3 is 10.7 Å². The van der Waals surface area contributed by atoms with Crippen LogP contribution >= 0.6 is 38.6 Å². The number of nitrogens with two attached hydrogens (primary N) is 1. The van der Waals surface area contributed by atoms with E-state index in [0.717, 1.165) is 16.2 Å². The van der Waals surface area contributed by atoms with Gasteiger partial charge in [-0.3, -0.25) is 0 Å². The summed E-state index contributed by atoms with van der Waals surface area (Å²) in [6.07, 6.45) is 0. The van der Waals surface area contributed by atoms with E-state index >= 15 is 0 Å². The second-order valence-electron chi connectivity index (χ2n) is 3.62. The topological polar surface area (TPSA) is 125 Å². The number of thiophene rings is 1. The van der Waals surface area contributed by atoms with Crippen molar-refractivity contribution in [2.24, 2.45) is 5.14 Å². The van der Waals surface area contributed by atoms with Crippen LogP contribution in [0.1, 0.15) is 0 Å². The molecule has 0 unspecified atom stereocenters. The molecule has 0 atom stereocenters. The molecule has 0 radical (unpaired) electrons. The van der Waals surface area contributed by atoms with Crippen molar-refractivity contribution >= 4 is 58.6 Å². The lowest BCUT2D eigenvalue weighted by atomic mass is 10.4. The zero-order chi connectivity index (χ0) is 14.5. The Morgan fingerprint density at radius 2 is 2.15 bits per heavy atom. The molecule has 0 saturated heterocycles. The molecule has 8 nitrogen and oxygen atoms in total. The number of primary sulfonamides is 1. The van der Waals surface area contributed by atoms with E-state index in [1.807, 2.05) is 0 Å². The van der Waals surface area contributed by atoms with Crippen molar-refractivity contribution in [2.45, 2.75) is 4.34 Å². The van der Waals surface area contributed by atoms with E-state index in [1.165, 1.54) is 15.9 Å². The molecular formula is C8H5BrN5O3S3-. The minimum atomic E-state index is -3.85. The van der Waals surface area contributed by atoms with Gasteiger partial charge in [0.1, 0.15) is 10.3 Å². The summed E-state index contributed by atoms with van der Waals surface area (Å²) < 4.78 is 24.1. The van der Waals surface area contributed by atoms with Crippen LogP contribution in [0.15, 0.2) is 21.1 Å². The molecule has 3 aromatic rings. The fourth-order valence-electron chi connectivity index (χ4n) is 1.50. The summed E-state index contributed by atoms with van der Waals surface area (Å²) in [6, 6.07) is 3.37. The maximum atomic E-state index is 11.2. The lowest BCUT2D eigenvalue weighted by molar-refractivity contribution is 0.595. The van der Waals surface area contributed by atoms with Crippen LogP contribution in [0.4, 0.5) is 5.00 Å². The van der Waals surface area contributed by atoms with Gasteiger partial charge in [0, 0.05) is 0 Å². The standard InChI is InChI=1S/C8H5BrN5O3S3/c9-6-5(3-1-2-4(13-15)18-3)11-7-14(6)12-8(19-7)20(10,16)17/h1-2,13H,(H2,10,16,17)/q-1. The maximum Gasteiger partial charge on any atom is 0.267 e. The third-order valence-corrected chi connectivity index (χ3v) is 6.23. The van der Waals surface area contributed by atoms with E-state index < -0.39 is 10.0 Å². The highest BCUT2D eigenvalue weighted by atomic mass is 79.9. The average molecular weight is 395 g/mol. The van der Waals surface area contributed by atoms with Crippen molar-refractivity contribution in [3.63, 3.8) is 0 Å². The van der Waals surface area contributed by atoms with Gasteiger partial charge in [-0.2, -0.15) is 4.52 Å². The molecule has 0 fully saturated rings. The van der Waals surface area contributed by atoms with Crippen LogP contribution in [0.2, 0.25) is 0 Å². The smallest absolute Gasteiger partial charge is 0.267 e. The van der Waals surface area contributed by atoms with E-state index in [1.54, 1.807) is 17.6 Å². The minimum absolute atomic E-state index is 0.208. The van der Waals surface area contributed by atoms with Crippen molar-refractivity contribution in [2.75, 3.05) is 5.48 Å². The predicted octanol–water partition coefficient (Wildman–Crippen LogP) is 1.84. The highest BCUT2D eigenvalue weighted by Crippen LogP contribution is 2.36. The Labute approximate surface area is 129 Å². The summed E-state index contributed by atoms with van der Waals surface area (Å²) in [6.45, 7) is 0. The van der Waals surface area contributed by atoms with Crippen LogP contribution in [-0.4, -0.2) is 23.0 Å². The predicted molar refractivity (Wildman–Crippen MR) is 80.2 cm³/mol. The Kier molecular flexibility index (Phi) is 3.30. The number of fused-ring (bicyclic) bond motifs is 1. The van der Waals surface area contributed by atoms with Gasteiger partial charge in [-0.25, -0.2) is 18.5 Å². The van der Waals surface area contributed by atoms with Crippen LogP contribution in [0.25, 0.3) is 15.5 Å². The molecule has 106 valence electrons. The first-order valence-electron chi connectivity index (χ1n) is 4.96. The second kappa shape index (κ2) is 4.75. The molecule has 3 N–H and O–H groups in total. The summed E-state index contributed by atoms with van der Waals surface area (Å²) in [5.74, 6) is 0. The Balaban J connectivity index is 2.15. The van der Waals surface area contributed by atoms with Gasteiger partial charge in [0.25, 0.3) is 10.0 Å². The van der Waals surface area contributed by atoms with Crippen molar-refractivity contribution in [3.8, 4) is 10.6 Å². The van der Waals surface area contributed by atoms with Gasteiger partial charge in [-0.15, -0.1) is 16.4 Å². The van der Waals surface area contributed by atoms with Crippen LogP contribution < -0.4 is 10.6 Å². The number of nitrogens with zero attached hydrogens (tertiary/aromatic N) is 3. The van der Waals surface area contributed by atoms with Crippen LogP contribution in [0, 0.1) is 5.21 Å². The number of hydrogen-bond acceptors (Lipinski definition) is 8. The van der Waals surface area contributed by atoms with Gasteiger partial charge in [0.2, 0.25) is 9.30 Å². The van der Waals surface area contributed by atoms with Gasteiger partial charge >= 0.3 is 0 Å². The summed E-state index contributed by atoms with van der Waals surface area (Å²) >= 11 is 5.42. The highest BCUT2D eigenvalue weighted by Gasteiger charge is 2.21. The van der Waals surface area contributed by atoms with Crippen molar-refractivity contribution in [1.82, 2.24) is 14.6 Å². The van der Waals surface area contributed by atoms with Gasteiger partial charge in [-0.1, -0.05) is 11.3 Å². The van der Waals surface area contributed by atoms with E-state index in [2.05, 4.69) is 26.0 Å². The number of rotatable bonds is 3. The zero-order valence-electron chi connectivity index (χ0n) is 9.40. The first kappa shape index (κ1) is 13.9. The third kappa shape index (κ3) is 2.23. The number of anilines is 1. The lowest BCUT2D eigenvalue weighted by Gasteiger charge is -2.02. The van der Waals surface area contributed by atoms with Gasteiger partial charge in [0.05, 0.1) is 9.88 Å². The Bertz CT molecular complexity index is 896. The van der Waals surface area contributed by atoms with Crippen molar-refractivity contribution < 1.29 is 8.42 Å². The van der Waals surface area contributed by atoms with Crippen LogP contribution in [-0.2, 0) is 10.0 Å². The van der Waals surface area contributed by atoms with E-state index in [0.29, 0.717) is 20.3 Å². The van der Waals surface area contributed by atoms with E-state index in [4.69, 9.17) is 5.14 Å². The first-order chi connectivity index (χ1) is 9.40. The number of imidazole rings is 1. The summed E-state index contributed by atoms with van der Waals surface area (Å²) in [4.78, 5) is 5.44. The van der Waals surface area contributed by atoms with Crippen molar-refractivity contribution in [1.29, 1.82) is 0 Å². The lowest BCUT2D eigenvalue weighted by Crippen LogP contribution is -2.12. The number of hydrogen-bond donors (Lipinski definition) is 2. The molecule has 0 amide bonds. The number of nitrogens with one attached hydrogen (secondary N) is 1. The number of sulfonamides is 1. The highest BCUT2D eigenvalue weighted by molar-refractivity contribution is 9.10. The minimum Gasteiger partial charge on any atom is -0.760 e. The maximum absolute atomic E-state index is 11.2. The normalized spacial score (nSPS) is 12.2.